The Kier molecular flexibility index (Phi) is 4.00. The summed E-state index contributed by atoms with van der Waals surface area (Å²) in [5.74, 6) is -0.424. The number of hydrogen-bond acceptors (Lipinski definition) is 3. The van der Waals surface area contributed by atoms with Crippen molar-refractivity contribution < 1.29 is 9.90 Å². The van der Waals surface area contributed by atoms with Gasteiger partial charge in [-0.25, -0.2) is 0 Å². The Labute approximate surface area is 54.0 Å². The number of carbonyl (C=O) groups excluding carboxylic acids is 1. The first-order valence-corrected chi connectivity index (χ1v) is 2.86. The van der Waals surface area contributed by atoms with E-state index in [1.54, 1.807) is 0 Å². The summed E-state index contributed by atoms with van der Waals surface area (Å²) >= 11 is 0. The molecule has 9 heavy (non-hydrogen) atoms. The lowest BCUT2D eigenvalue weighted by atomic mass is 10.2. The molecular weight excluding hydrogens is 120 g/mol. The molecule has 0 unspecified atom stereocenters. The summed E-state index contributed by atoms with van der Waals surface area (Å²) in [6.07, 6.45) is 0.607. The predicted octanol–water partition coefficient (Wildman–Crippen LogP) is -1.21. The summed E-state index contributed by atoms with van der Waals surface area (Å²) in [6.45, 7) is 1.61. The van der Waals surface area contributed by atoms with E-state index in [1.807, 2.05) is 6.92 Å². The van der Waals surface area contributed by atoms with Crippen LogP contribution in [0, 0.1) is 0 Å². The smallest absolute Gasteiger partial charge is 0.234 e. The Morgan fingerprint density at radius 2 is 2.44 bits per heavy atom. The largest absolute Gasteiger partial charge is 0.381 e. The third-order valence-corrected chi connectivity index (χ3v) is 1.09. The number of amides is 1. The zero-order valence-electron chi connectivity index (χ0n) is 5.42. The minimum atomic E-state index is -0.424. The second kappa shape index (κ2) is 4.29. The Bertz CT molecular complexity index is 95.0. The predicted molar refractivity (Wildman–Crippen MR) is 33.5 cm³/mol. The van der Waals surface area contributed by atoms with Crippen LogP contribution in [0.1, 0.15) is 13.3 Å². The standard InChI is InChI=1S/C5H12N2O2/c1-2-4(5(6)9)7-3-8/h4,7-8H,2-3H2,1H3,(H2,6,9)/t4-/m0/s1. The average Bonchev–Trinajstić information content (AvgIpc) is 1.82. The fraction of sp³-hybridized carbons (Fsp3) is 0.800. The SMILES string of the molecule is CC[C@H](NCO)C(N)=O. The molecule has 0 rings (SSSR count). The van der Waals surface area contributed by atoms with Gasteiger partial charge in [-0.1, -0.05) is 6.92 Å². The van der Waals surface area contributed by atoms with Gasteiger partial charge in [-0.05, 0) is 6.42 Å². The summed E-state index contributed by atoms with van der Waals surface area (Å²) in [6, 6.07) is -0.394. The van der Waals surface area contributed by atoms with Crippen molar-refractivity contribution in [2.45, 2.75) is 19.4 Å². The van der Waals surface area contributed by atoms with Gasteiger partial charge >= 0.3 is 0 Å². The molecule has 0 fully saturated rings. The van der Waals surface area contributed by atoms with Crippen molar-refractivity contribution in [2.24, 2.45) is 5.73 Å². The lowest BCUT2D eigenvalue weighted by molar-refractivity contribution is -0.120. The lowest BCUT2D eigenvalue weighted by Gasteiger charge is -2.09. The molecule has 4 nitrogen and oxygen atoms in total. The van der Waals surface area contributed by atoms with Gasteiger partial charge in [0.15, 0.2) is 0 Å². The summed E-state index contributed by atoms with van der Waals surface area (Å²) in [7, 11) is 0. The van der Waals surface area contributed by atoms with E-state index in [0.717, 1.165) is 0 Å². The molecule has 4 N–H and O–H groups in total. The number of primary amides is 1. The van der Waals surface area contributed by atoms with Crippen LogP contribution in [-0.4, -0.2) is 23.8 Å². The van der Waals surface area contributed by atoms with E-state index >= 15 is 0 Å². The molecule has 0 spiro atoms. The van der Waals surface area contributed by atoms with E-state index in [-0.39, 0.29) is 6.73 Å². The Morgan fingerprint density at radius 3 is 2.56 bits per heavy atom. The molecule has 1 amide bonds. The molecule has 0 bridgehead atoms. The Balaban J connectivity index is 3.54. The van der Waals surface area contributed by atoms with Gasteiger partial charge in [0, 0.05) is 0 Å². The number of aliphatic hydroxyl groups is 1. The van der Waals surface area contributed by atoms with Crippen molar-refractivity contribution >= 4 is 5.91 Å². The molecule has 1 atom stereocenters. The number of nitrogens with one attached hydrogen (secondary N) is 1. The van der Waals surface area contributed by atoms with E-state index in [4.69, 9.17) is 10.8 Å². The van der Waals surface area contributed by atoms with E-state index in [2.05, 4.69) is 5.32 Å². The van der Waals surface area contributed by atoms with Gasteiger partial charge < -0.3 is 10.8 Å². The monoisotopic (exact) mass is 132 g/mol. The first kappa shape index (κ1) is 8.39. The van der Waals surface area contributed by atoms with Gasteiger partial charge in [0.1, 0.15) is 0 Å². The van der Waals surface area contributed by atoms with Crippen molar-refractivity contribution in [3.05, 3.63) is 0 Å². The van der Waals surface area contributed by atoms with E-state index in [1.165, 1.54) is 0 Å². The number of hydrogen-bond donors (Lipinski definition) is 3. The van der Waals surface area contributed by atoms with Crippen molar-refractivity contribution in [3.8, 4) is 0 Å². The summed E-state index contributed by atoms with van der Waals surface area (Å²) in [5.41, 5.74) is 4.92. The Hall–Kier alpha value is -0.610. The lowest BCUT2D eigenvalue weighted by Crippen LogP contribution is -2.41. The van der Waals surface area contributed by atoms with Crippen molar-refractivity contribution in [2.75, 3.05) is 6.73 Å². The maximum atomic E-state index is 10.4. The van der Waals surface area contributed by atoms with Gasteiger partial charge in [-0.3, -0.25) is 10.1 Å². The van der Waals surface area contributed by atoms with Gasteiger partial charge in [-0.15, -0.1) is 0 Å². The van der Waals surface area contributed by atoms with Crippen molar-refractivity contribution in [1.82, 2.24) is 5.32 Å². The van der Waals surface area contributed by atoms with Crippen molar-refractivity contribution in [1.29, 1.82) is 0 Å². The second-order valence-corrected chi connectivity index (χ2v) is 1.73. The number of nitrogens with two attached hydrogens (primary N) is 1. The number of rotatable bonds is 4. The fourth-order valence-corrected chi connectivity index (χ4v) is 0.556. The number of carbonyl (C=O) groups is 1. The first-order chi connectivity index (χ1) is 4.22. The molecule has 0 aliphatic carbocycles. The second-order valence-electron chi connectivity index (χ2n) is 1.73. The van der Waals surface area contributed by atoms with E-state index < -0.39 is 11.9 Å². The van der Waals surface area contributed by atoms with Crippen LogP contribution in [0.25, 0.3) is 0 Å². The topological polar surface area (TPSA) is 75.3 Å². The summed E-state index contributed by atoms with van der Waals surface area (Å²) < 4.78 is 0. The van der Waals surface area contributed by atoms with Crippen LogP contribution >= 0.6 is 0 Å². The van der Waals surface area contributed by atoms with Crippen LogP contribution in [0.5, 0.6) is 0 Å². The Morgan fingerprint density at radius 1 is 1.89 bits per heavy atom. The normalized spacial score (nSPS) is 13.1. The molecular formula is C5H12N2O2. The highest BCUT2D eigenvalue weighted by atomic mass is 16.3. The van der Waals surface area contributed by atoms with Crippen molar-refractivity contribution in [3.63, 3.8) is 0 Å². The van der Waals surface area contributed by atoms with Gasteiger partial charge in [0.05, 0.1) is 12.8 Å². The van der Waals surface area contributed by atoms with Crippen LogP contribution in [0.3, 0.4) is 0 Å². The van der Waals surface area contributed by atoms with Crippen LogP contribution < -0.4 is 11.1 Å². The molecule has 0 aliphatic heterocycles. The summed E-state index contributed by atoms with van der Waals surface area (Å²) in [4.78, 5) is 10.4. The molecule has 0 aromatic carbocycles. The molecule has 0 radical (unpaired) electrons. The maximum Gasteiger partial charge on any atom is 0.234 e. The zero-order valence-corrected chi connectivity index (χ0v) is 5.42. The third kappa shape index (κ3) is 3.05. The average molecular weight is 132 g/mol. The van der Waals surface area contributed by atoms with Gasteiger partial charge in [-0.2, -0.15) is 0 Å². The van der Waals surface area contributed by atoms with Gasteiger partial charge in [0.2, 0.25) is 5.91 Å². The zero-order chi connectivity index (χ0) is 7.28. The third-order valence-electron chi connectivity index (χ3n) is 1.09. The first-order valence-electron chi connectivity index (χ1n) is 2.86. The summed E-state index contributed by atoms with van der Waals surface area (Å²) in [5, 5.41) is 10.8. The fourth-order valence-electron chi connectivity index (χ4n) is 0.556. The van der Waals surface area contributed by atoms with Crippen LogP contribution in [0.15, 0.2) is 0 Å². The number of aliphatic hydroxyl groups excluding tert-OH is 1. The molecule has 0 saturated carbocycles. The highest BCUT2D eigenvalue weighted by Crippen LogP contribution is 1.86. The highest BCUT2D eigenvalue weighted by molar-refractivity contribution is 5.79. The molecule has 0 aromatic rings. The van der Waals surface area contributed by atoms with Crippen LogP contribution in [-0.2, 0) is 4.79 Å². The van der Waals surface area contributed by atoms with E-state index in [9.17, 15) is 4.79 Å². The van der Waals surface area contributed by atoms with E-state index in [0.29, 0.717) is 6.42 Å². The quantitative estimate of drug-likeness (QED) is 0.420. The molecule has 0 saturated heterocycles. The molecule has 54 valence electrons. The maximum absolute atomic E-state index is 10.4. The minimum absolute atomic E-state index is 0.207. The molecule has 0 aromatic heterocycles. The highest BCUT2D eigenvalue weighted by Gasteiger charge is 2.09. The molecule has 4 heteroatoms. The van der Waals surface area contributed by atoms with Gasteiger partial charge in [0.25, 0.3) is 0 Å². The van der Waals surface area contributed by atoms with Crippen LogP contribution in [0.4, 0.5) is 0 Å². The molecule has 0 aliphatic rings. The van der Waals surface area contributed by atoms with Crippen LogP contribution in [0.2, 0.25) is 0 Å². The minimum Gasteiger partial charge on any atom is -0.381 e. The molecule has 0 heterocycles.